The first-order valence-corrected chi connectivity index (χ1v) is 5.21. The van der Waals surface area contributed by atoms with Gasteiger partial charge in [-0.25, -0.2) is 0 Å². The first-order chi connectivity index (χ1) is 7.18. The largest absolute Gasteiger partial charge is 0.508 e. The molecular formula is C12H15NO2. The highest BCUT2D eigenvalue weighted by Crippen LogP contribution is 2.26. The van der Waals surface area contributed by atoms with Crippen molar-refractivity contribution in [3.05, 3.63) is 29.8 Å². The number of rotatable bonds is 3. The molecule has 0 spiro atoms. The highest BCUT2D eigenvalue weighted by atomic mass is 16.3. The number of benzene rings is 1. The van der Waals surface area contributed by atoms with Gasteiger partial charge in [0.25, 0.3) is 0 Å². The molecule has 0 unspecified atom stereocenters. The second-order valence-electron chi connectivity index (χ2n) is 4.04. The average molecular weight is 205 g/mol. The van der Waals surface area contributed by atoms with E-state index in [0.717, 1.165) is 12.8 Å². The Bertz CT molecular complexity index is 372. The number of aromatic hydroxyl groups is 1. The van der Waals surface area contributed by atoms with Crippen LogP contribution in [0.25, 0.3) is 0 Å². The molecule has 0 aromatic heterocycles. The molecule has 1 amide bonds. The van der Waals surface area contributed by atoms with Gasteiger partial charge in [-0.15, -0.1) is 0 Å². The van der Waals surface area contributed by atoms with Gasteiger partial charge in [0.2, 0.25) is 5.91 Å². The number of carbonyl (C=O) groups is 1. The molecule has 0 atom stereocenters. The van der Waals surface area contributed by atoms with Crippen LogP contribution in [0.15, 0.2) is 24.3 Å². The van der Waals surface area contributed by atoms with Crippen LogP contribution in [0.4, 0.5) is 0 Å². The summed E-state index contributed by atoms with van der Waals surface area (Å²) in [5.41, 5.74) is 0.704. The lowest BCUT2D eigenvalue weighted by molar-refractivity contribution is -0.129. The summed E-state index contributed by atoms with van der Waals surface area (Å²) in [6, 6.07) is 7.42. The van der Waals surface area contributed by atoms with Gasteiger partial charge in [-0.3, -0.25) is 4.79 Å². The highest BCUT2D eigenvalue weighted by molar-refractivity contribution is 5.79. The first-order valence-electron chi connectivity index (χ1n) is 5.21. The van der Waals surface area contributed by atoms with Gasteiger partial charge in [0.1, 0.15) is 5.75 Å². The van der Waals surface area contributed by atoms with Crippen molar-refractivity contribution in [2.24, 2.45) is 0 Å². The van der Waals surface area contributed by atoms with Crippen LogP contribution in [-0.2, 0) is 11.2 Å². The number of carbonyl (C=O) groups excluding carboxylic acids is 1. The predicted octanol–water partition coefficient (Wildman–Crippen LogP) is 1.56. The summed E-state index contributed by atoms with van der Waals surface area (Å²) in [7, 11) is 1.83. The van der Waals surface area contributed by atoms with Crippen molar-refractivity contribution in [3.63, 3.8) is 0 Å². The number of phenolic OH excluding ortho intramolecular Hbond substituents is 1. The van der Waals surface area contributed by atoms with Crippen LogP contribution in [0.3, 0.4) is 0 Å². The number of phenols is 1. The lowest BCUT2D eigenvalue weighted by Crippen LogP contribution is -2.30. The molecule has 1 aromatic rings. The van der Waals surface area contributed by atoms with Crippen molar-refractivity contribution < 1.29 is 9.90 Å². The van der Waals surface area contributed by atoms with Gasteiger partial charge in [-0.2, -0.15) is 0 Å². The third kappa shape index (κ3) is 2.29. The fourth-order valence-corrected chi connectivity index (χ4v) is 1.61. The van der Waals surface area contributed by atoms with Crippen molar-refractivity contribution >= 4 is 5.91 Å². The minimum atomic E-state index is 0.0824. The maximum absolute atomic E-state index is 11.8. The Morgan fingerprint density at radius 3 is 2.73 bits per heavy atom. The minimum Gasteiger partial charge on any atom is -0.508 e. The van der Waals surface area contributed by atoms with Gasteiger partial charge in [0.15, 0.2) is 0 Å². The number of amides is 1. The average Bonchev–Trinajstić information content (AvgIpc) is 3.04. The van der Waals surface area contributed by atoms with E-state index >= 15 is 0 Å². The fraction of sp³-hybridized carbons (Fsp3) is 0.417. The van der Waals surface area contributed by atoms with Crippen molar-refractivity contribution in [2.75, 3.05) is 7.05 Å². The molecule has 3 nitrogen and oxygen atoms in total. The molecule has 2 rings (SSSR count). The fourth-order valence-electron chi connectivity index (χ4n) is 1.61. The van der Waals surface area contributed by atoms with Crippen molar-refractivity contribution in [3.8, 4) is 5.75 Å². The van der Waals surface area contributed by atoms with Gasteiger partial charge in [0, 0.05) is 18.7 Å². The zero-order valence-electron chi connectivity index (χ0n) is 8.81. The van der Waals surface area contributed by atoms with Crippen molar-refractivity contribution in [1.29, 1.82) is 0 Å². The zero-order chi connectivity index (χ0) is 10.8. The Hall–Kier alpha value is -1.51. The summed E-state index contributed by atoms with van der Waals surface area (Å²) in [6.07, 6.45) is 2.52. The number of hydrogen-bond acceptors (Lipinski definition) is 2. The molecule has 80 valence electrons. The molecule has 1 aromatic carbocycles. The van der Waals surface area contributed by atoms with Crippen LogP contribution >= 0.6 is 0 Å². The molecule has 15 heavy (non-hydrogen) atoms. The highest BCUT2D eigenvalue weighted by Gasteiger charge is 2.29. The van der Waals surface area contributed by atoms with Crippen LogP contribution in [0.5, 0.6) is 5.75 Å². The van der Waals surface area contributed by atoms with Crippen LogP contribution in [0.1, 0.15) is 18.4 Å². The summed E-state index contributed by atoms with van der Waals surface area (Å²) in [5, 5.41) is 9.52. The molecule has 1 N–H and O–H groups in total. The molecule has 1 saturated carbocycles. The third-order valence-corrected chi connectivity index (χ3v) is 2.82. The topological polar surface area (TPSA) is 40.5 Å². The maximum Gasteiger partial charge on any atom is 0.227 e. The van der Waals surface area contributed by atoms with Crippen LogP contribution in [0, 0.1) is 0 Å². The standard InChI is InChI=1S/C12H15NO2/c1-13(10-6-7-10)12(15)8-9-4-2-3-5-11(9)14/h2-5,10,14H,6-8H2,1H3. The summed E-state index contributed by atoms with van der Waals surface area (Å²) in [5.74, 6) is 0.286. The SMILES string of the molecule is CN(C(=O)Cc1ccccc1O)C1CC1. The van der Waals surface area contributed by atoms with Gasteiger partial charge in [0.05, 0.1) is 6.42 Å². The quantitative estimate of drug-likeness (QED) is 0.813. The van der Waals surface area contributed by atoms with Crippen LogP contribution in [0.2, 0.25) is 0 Å². The number of hydrogen-bond donors (Lipinski definition) is 1. The van der Waals surface area contributed by atoms with E-state index in [9.17, 15) is 9.90 Å². The molecular weight excluding hydrogens is 190 g/mol. The monoisotopic (exact) mass is 205 g/mol. The van der Waals surface area contributed by atoms with Crippen molar-refractivity contribution in [1.82, 2.24) is 4.90 Å². The molecule has 0 radical (unpaired) electrons. The van der Waals surface area contributed by atoms with E-state index in [0.29, 0.717) is 18.0 Å². The van der Waals surface area contributed by atoms with E-state index in [2.05, 4.69) is 0 Å². The normalized spacial score (nSPS) is 15.0. The van der Waals surface area contributed by atoms with Crippen LogP contribution in [-0.4, -0.2) is 29.0 Å². The Balaban J connectivity index is 2.02. The molecule has 1 aliphatic rings. The number of likely N-dealkylation sites (N-methyl/N-ethyl adjacent to an activating group) is 1. The van der Waals surface area contributed by atoms with E-state index in [1.807, 2.05) is 13.1 Å². The second-order valence-corrected chi connectivity index (χ2v) is 4.04. The molecule has 0 aliphatic heterocycles. The minimum absolute atomic E-state index is 0.0824. The Morgan fingerprint density at radius 2 is 2.13 bits per heavy atom. The lowest BCUT2D eigenvalue weighted by Gasteiger charge is -2.16. The number of para-hydroxylation sites is 1. The van der Waals surface area contributed by atoms with Crippen LogP contribution < -0.4 is 0 Å². The number of nitrogens with zero attached hydrogens (tertiary/aromatic N) is 1. The first kappa shape index (κ1) is 10.0. The molecule has 0 heterocycles. The smallest absolute Gasteiger partial charge is 0.227 e. The molecule has 1 aliphatic carbocycles. The van der Waals surface area contributed by atoms with E-state index in [1.54, 1.807) is 23.1 Å². The van der Waals surface area contributed by atoms with Gasteiger partial charge >= 0.3 is 0 Å². The Labute approximate surface area is 89.3 Å². The molecule has 1 fully saturated rings. The second kappa shape index (κ2) is 3.93. The van der Waals surface area contributed by atoms with Gasteiger partial charge in [-0.1, -0.05) is 18.2 Å². The van der Waals surface area contributed by atoms with E-state index < -0.39 is 0 Å². The third-order valence-electron chi connectivity index (χ3n) is 2.82. The van der Waals surface area contributed by atoms with Crippen molar-refractivity contribution in [2.45, 2.75) is 25.3 Å². The molecule has 0 bridgehead atoms. The van der Waals surface area contributed by atoms with Gasteiger partial charge in [-0.05, 0) is 18.9 Å². The summed E-state index contributed by atoms with van der Waals surface area (Å²) in [6.45, 7) is 0. The maximum atomic E-state index is 11.8. The Morgan fingerprint density at radius 1 is 1.47 bits per heavy atom. The molecule has 0 saturated heterocycles. The van der Waals surface area contributed by atoms with E-state index in [1.165, 1.54) is 0 Å². The van der Waals surface area contributed by atoms with Gasteiger partial charge < -0.3 is 10.0 Å². The predicted molar refractivity (Wildman–Crippen MR) is 57.6 cm³/mol. The summed E-state index contributed by atoms with van der Waals surface area (Å²) in [4.78, 5) is 13.5. The lowest BCUT2D eigenvalue weighted by atomic mass is 10.1. The van der Waals surface area contributed by atoms with E-state index in [4.69, 9.17) is 0 Å². The molecule has 3 heteroatoms. The zero-order valence-corrected chi connectivity index (χ0v) is 8.81. The summed E-state index contributed by atoms with van der Waals surface area (Å²) < 4.78 is 0. The summed E-state index contributed by atoms with van der Waals surface area (Å²) >= 11 is 0. The van der Waals surface area contributed by atoms with E-state index in [-0.39, 0.29) is 11.7 Å². The Kier molecular flexibility index (Phi) is 2.62.